The molecular weight excluding hydrogens is 206 g/mol. The fourth-order valence-electron chi connectivity index (χ4n) is 2.30. The summed E-state index contributed by atoms with van der Waals surface area (Å²) in [6.45, 7) is 0.619. The van der Waals surface area contributed by atoms with Crippen LogP contribution in [0.4, 0.5) is 0 Å². The zero-order valence-electron chi connectivity index (χ0n) is 9.17. The van der Waals surface area contributed by atoms with Gasteiger partial charge < -0.3 is 10.8 Å². The van der Waals surface area contributed by atoms with Crippen molar-refractivity contribution in [3.63, 3.8) is 0 Å². The van der Waals surface area contributed by atoms with E-state index in [1.54, 1.807) is 0 Å². The topological polar surface area (TPSA) is 81.1 Å². The summed E-state index contributed by atoms with van der Waals surface area (Å²) in [4.78, 5) is 10.8. The van der Waals surface area contributed by atoms with E-state index in [0.29, 0.717) is 13.0 Å². The molecule has 0 aliphatic heterocycles. The molecule has 0 radical (unpaired) electrons. The minimum absolute atomic E-state index is 0.202. The third-order valence-electron chi connectivity index (χ3n) is 3.22. The van der Waals surface area contributed by atoms with Gasteiger partial charge in [0.1, 0.15) is 0 Å². The zero-order valence-corrected chi connectivity index (χ0v) is 9.17. The second-order valence-electron chi connectivity index (χ2n) is 4.37. The molecule has 0 amide bonds. The van der Waals surface area contributed by atoms with Crippen LogP contribution in [0.2, 0.25) is 0 Å². The minimum atomic E-state index is -0.683. The van der Waals surface area contributed by atoms with Gasteiger partial charge in [-0.05, 0) is 37.8 Å². The van der Waals surface area contributed by atoms with Crippen LogP contribution in [0.5, 0.6) is 0 Å². The molecular formula is C11H17N3O2. The Labute approximate surface area is 94.2 Å². The van der Waals surface area contributed by atoms with E-state index in [0.717, 1.165) is 24.8 Å². The fraction of sp³-hybridized carbons (Fsp3) is 0.636. The van der Waals surface area contributed by atoms with Crippen LogP contribution >= 0.6 is 0 Å². The summed E-state index contributed by atoms with van der Waals surface area (Å²) in [6.07, 6.45) is 6.99. The lowest BCUT2D eigenvalue weighted by molar-refractivity contribution is -0.141. The van der Waals surface area contributed by atoms with Crippen LogP contribution in [0.25, 0.3) is 0 Å². The van der Waals surface area contributed by atoms with Crippen LogP contribution in [0.1, 0.15) is 30.9 Å². The monoisotopic (exact) mass is 223 g/mol. The van der Waals surface area contributed by atoms with E-state index in [2.05, 4.69) is 5.10 Å². The Kier molecular flexibility index (Phi) is 3.24. The molecule has 88 valence electrons. The van der Waals surface area contributed by atoms with Crippen molar-refractivity contribution < 1.29 is 9.90 Å². The molecule has 1 fully saturated rings. The largest absolute Gasteiger partial charge is 0.481 e. The summed E-state index contributed by atoms with van der Waals surface area (Å²) in [7, 11) is 0. The van der Waals surface area contributed by atoms with Gasteiger partial charge in [-0.2, -0.15) is 5.10 Å². The van der Waals surface area contributed by atoms with Gasteiger partial charge in [-0.1, -0.05) is 0 Å². The molecule has 2 atom stereocenters. The van der Waals surface area contributed by atoms with E-state index < -0.39 is 5.97 Å². The molecule has 5 heteroatoms. The first-order valence-corrected chi connectivity index (χ1v) is 5.66. The summed E-state index contributed by atoms with van der Waals surface area (Å²) in [5.41, 5.74) is 6.60. The molecule has 1 aromatic rings. The molecule has 2 rings (SSSR count). The number of rotatable bonds is 4. The maximum Gasteiger partial charge on any atom is 0.306 e. The van der Waals surface area contributed by atoms with Gasteiger partial charge in [-0.25, -0.2) is 0 Å². The number of carbonyl (C=O) groups is 1. The average Bonchev–Trinajstić information content (AvgIpc) is 2.84. The third kappa shape index (κ3) is 2.24. The second kappa shape index (κ2) is 4.65. The minimum Gasteiger partial charge on any atom is -0.481 e. The average molecular weight is 223 g/mol. The summed E-state index contributed by atoms with van der Waals surface area (Å²) in [5, 5.41) is 13.2. The van der Waals surface area contributed by atoms with Crippen molar-refractivity contribution in [1.29, 1.82) is 0 Å². The molecule has 1 aliphatic carbocycles. The lowest BCUT2D eigenvalue weighted by atomic mass is 10.1. The van der Waals surface area contributed by atoms with E-state index in [4.69, 9.17) is 10.8 Å². The Bertz CT molecular complexity index is 375. The lowest BCUT2D eigenvalue weighted by Gasteiger charge is -2.09. The van der Waals surface area contributed by atoms with Gasteiger partial charge in [0.05, 0.1) is 18.2 Å². The normalized spacial score (nSPS) is 24.8. The second-order valence-corrected chi connectivity index (χ2v) is 4.37. The zero-order chi connectivity index (χ0) is 11.5. The van der Waals surface area contributed by atoms with Crippen molar-refractivity contribution in [2.45, 2.75) is 31.7 Å². The smallest absolute Gasteiger partial charge is 0.306 e. The van der Waals surface area contributed by atoms with Crippen molar-refractivity contribution in [3.8, 4) is 0 Å². The van der Waals surface area contributed by atoms with E-state index in [1.807, 2.05) is 17.1 Å². The Morgan fingerprint density at radius 2 is 2.44 bits per heavy atom. The standard InChI is InChI=1S/C11H17N3O2/c12-4-3-8-6-13-14(7-8)10-2-1-9(5-10)11(15)16/h6-7,9-10H,1-5,12H2,(H,15,16). The summed E-state index contributed by atoms with van der Waals surface area (Å²) in [5.74, 6) is -0.885. The molecule has 1 heterocycles. The number of aliphatic carboxylic acids is 1. The Morgan fingerprint density at radius 1 is 1.62 bits per heavy atom. The highest BCUT2D eigenvalue weighted by molar-refractivity contribution is 5.70. The van der Waals surface area contributed by atoms with Crippen molar-refractivity contribution >= 4 is 5.97 Å². The predicted molar refractivity (Wildman–Crippen MR) is 59.0 cm³/mol. The molecule has 3 N–H and O–H groups in total. The molecule has 0 bridgehead atoms. The highest BCUT2D eigenvalue weighted by Gasteiger charge is 2.30. The van der Waals surface area contributed by atoms with Crippen LogP contribution in [-0.2, 0) is 11.2 Å². The van der Waals surface area contributed by atoms with Gasteiger partial charge in [-0.15, -0.1) is 0 Å². The molecule has 0 spiro atoms. The van der Waals surface area contributed by atoms with E-state index in [1.165, 1.54) is 0 Å². The summed E-state index contributed by atoms with van der Waals surface area (Å²) >= 11 is 0. The van der Waals surface area contributed by atoms with Gasteiger partial charge in [0.25, 0.3) is 0 Å². The molecule has 0 aromatic carbocycles. The number of hydrogen-bond acceptors (Lipinski definition) is 3. The maximum atomic E-state index is 10.8. The molecule has 1 saturated carbocycles. The first kappa shape index (κ1) is 11.1. The molecule has 1 aromatic heterocycles. The van der Waals surface area contributed by atoms with Crippen molar-refractivity contribution in [3.05, 3.63) is 18.0 Å². The van der Waals surface area contributed by atoms with E-state index in [-0.39, 0.29) is 12.0 Å². The molecule has 1 aliphatic rings. The highest BCUT2D eigenvalue weighted by atomic mass is 16.4. The Hall–Kier alpha value is -1.36. The Morgan fingerprint density at radius 3 is 3.06 bits per heavy atom. The number of nitrogens with zero attached hydrogens (tertiary/aromatic N) is 2. The Balaban J connectivity index is 2.00. The van der Waals surface area contributed by atoms with Crippen molar-refractivity contribution in [2.75, 3.05) is 6.54 Å². The summed E-state index contributed by atoms with van der Waals surface area (Å²) < 4.78 is 1.90. The molecule has 5 nitrogen and oxygen atoms in total. The number of carboxylic acids is 1. The molecule has 2 unspecified atom stereocenters. The fourth-order valence-corrected chi connectivity index (χ4v) is 2.30. The first-order valence-electron chi connectivity index (χ1n) is 5.66. The maximum absolute atomic E-state index is 10.8. The van der Waals surface area contributed by atoms with Crippen molar-refractivity contribution in [2.24, 2.45) is 11.7 Å². The van der Waals surface area contributed by atoms with E-state index >= 15 is 0 Å². The van der Waals surface area contributed by atoms with Gasteiger partial charge >= 0.3 is 5.97 Å². The van der Waals surface area contributed by atoms with Gasteiger partial charge in [0, 0.05) is 6.20 Å². The third-order valence-corrected chi connectivity index (χ3v) is 3.22. The van der Waals surface area contributed by atoms with Crippen molar-refractivity contribution in [1.82, 2.24) is 9.78 Å². The highest BCUT2D eigenvalue weighted by Crippen LogP contribution is 2.34. The number of aromatic nitrogens is 2. The van der Waals surface area contributed by atoms with Gasteiger partial charge in [-0.3, -0.25) is 9.48 Å². The van der Waals surface area contributed by atoms with Crippen LogP contribution in [0, 0.1) is 5.92 Å². The van der Waals surface area contributed by atoms with Gasteiger partial charge in [0.15, 0.2) is 0 Å². The number of nitrogens with two attached hydrogens (primary N) is 1. The first-order chi connectivity index (χ1) is 7.70. The molecule has 16 heavy (non-hydrogen) atoms. The van der Waals surface area contributed by atoms with Crippen LogP contribution < -0.4 is 5.73 Å². The quantitative estimate of drug-likeness (QED) is 0.791. The van der Waals surface area contributed by atoms with Crippen LogP contribution in [-0.4, -0.2) is 27.4 Å². The number of hydrogen-bond donors (Lipinski definition) is 2. The van der Waals surface area contributed by atoms with Gasteiger partial charge in [0.2, 0.25) is 0 Å². The van der Waals surface area contributed by atoms with Crippen LogP contribution in [0.15, 0.2) is 12.4 Å². The SMILES string of the molecule is NCCc1cnn(C2CCC(C(=O)O)C2)c1. The molecule has 0 saturated heterocycles. The number of carboxylic acid groups (broad SMARTS) is 1. The van der Waals surface area contributed by atoms with E-state index in [9.17, 15) is 4.79 Å². The lowest BCUT2D eigenvalue weighted by Crippen LogP contribution is -2.11. The summed E-state index contributed by atoms with van der Waals surface area (Å²) in [6, 6.07) is 0.243. The van der Waals surface area contributed by atoms with Crippen LogP contribution in [0.3, 0.4) is 0 Å². The predicted octanol–water partition coefficient (Wildman–Crippen LogP) is 0.810.